The lowest BCUT2D eigenvalue weighted by Gasteiger charge is -2.10. The molecule has 1 aromatic carbocycles. The van der Waals surface area contributed by atoms with Crippen LogP contribution in [0.15, 0.2) is 18.2 Å². The van der Waals surface area contributed by atoms with Gasteiger partial charge in [-0.2, -0.15) is 0 Å². The van der Waals surface area contributed by atoms with Crippen molar-refractivity contribution in [3.8, 4) is 5.75 Å². The first-order chi connectivity index (χ1) is 7.65. The maximum Gasteiger partial charge on any atom is 0.223 e. The second-order valence-electron chi connectivity index (χ2n) is 3.52. The highest BCUT2D eigenvalue weighted by Gasteiger charge is 2.04. The third-order valence-corrected chi connectivity index (χ3v) is 2.29. The van der Waals surface area contributed by atoms with Crippen LogP contribution in [0, 0.1) is 6.92 Å². The van der Waals surface area contributed by atoms with Crippen molar-refractivity contribution < 1.29 is 9.53 Å². The molecule has 0 unspecified atom stereocenters. The van der Waals surface area contributed by atoms with E-state index in [4.69, 9.17) is 10.5 Å². The summed E-state index contributed by atoms with van der Waals surface area (Å²) in [4.78, 5) is 11.2. The van der Waals surface area contributed by atoms with Gasteiger partial charge in [-0.05, 0) is 26.0 Å². The molecule has 0 saturated carbocycles. The summed E-state index contributed by atoms with van der Waals surface area (Å²) in [6, 6.07) is 5.51. The van der Waals surface area contributed by atoms with E-state index in [0.29, 0.717) is 25.3 Å². The average molecular weight is 222 g/mol. The Balaban J connectivity index is 2.43. The van der Waals surface area contributed by atoms with Gasteiger partial charge in [0.05, 0.1) is 13.0 Å². The van der Waals surface area contributed by atoms with E-state index in [0.717, 1.165) is 11.3 Å². The predicted octanol–water partition coefficient (Wildman–Crippen LogP) is 1.48. The minimum Gasteiger partial charge on any atom is -0.493 e. The average Bonchev–Trinajstić information content (AvgIpc) is 2.25. The number of hydrogen-bond acceptors (Lipinski definition) is 3. The van der Waals surface area contributed by atoms with Crippen molar-refractivity contribution in [2.75, 3.05) is 18.9 Å². The van der Waals surface area contributed by atoms with Crippen molar-refractivity contribution in [2.45, 2.75) is 20.3 Å². The molecule has 0 aliphatic rings. The Bertz CT molecular complexity index is 364. The van der Waals surface area contributed by atoms with Gasteiger partial charge in [-0.1, -0.05) is 6.07 Å². The number of benzene rings is 1. The molecule has 0 spiro atoms. The van der Waals surface area contributed by atoms with Gasteiger partial charge < -0.3 is 15.8 Å². The van der Waals surface area contributed by atoms with Crippen molar-refractivity contribution in [3.63, 3.8) is 0 Å². The fourth-order valence-electron chi connectivity index (χ4n) is 1.33. The largest absolute Gasteiger partial charge is 0.493 e. The molecule has 4 nitrogen and oxygen atoms in total. The molecule has 0 aliphatic heterocycles. The lowest BCUT2D eigenvalue weighted by molar-refractivity contribution is -0.121. The fourth-order valence-corrected chi connectivity index (χ4v) is 1.33. The van der Waals surface area contributed by atoms with Crippen LogP contribution in [-0.2, 0) is 4.79 Å². The molecule has 1 aromatic rings. The van der Waals surface area contributed by atoms with Gasteiger partial charge in [-0.15, -0.1) is 0 Å². The quantitative estimate of drug-likeness (QED) is 0.742. The van der Waals surface area contributed by atoms with Gasteiger partial charge in [-0.25, -0.2) is 0 Å². The molecule has 0 aliphatic carbocycles. The molecule has 1 amide bonds. The number of carbonyl (C=O) groups excluding carboxylic acids is 1. The molecule has 0 heterocycles. The van der Waals surface area contributed by atoms with Crippen LogP contribution < -0.4 is 15.8 Å². The van der Waals surface area contributed by atoms with Crippen LogP contribution in [0.2, 0.25) is 0 Å². The second-order valence-corrected chi connectivity index (χ2v) is 3.52. The molecule has 16 heavy (non-hydrogen) atoms. The Morgan fingerprint density at radius 3 is 2.94 bits per heavy atom. The van der Waals surface area contributed by atoms with Crippen molar-refractivity contribution in [2.24, 2.45) is 0 Å². The van der Waals surface area contributed by atoms with Crippen LogP contribution in [0.5, 0.6) is 5.75 Å². The molecule has 88 valence electrons. The zero-order valence-electron chi connectivity index (χ0n) is 9.75. The number of rotatable bonds is 5. The number of hydrogen-bond donors (Lipinski definition) is 2. The molecular formula is C12H18N2O2. The molecule has 4 heteroatoms. The zero-order chi connectivity index (χ0) is 12.0. The summed E-state index contributed by atoms with van der Waals surface area (Å²) in [6.45, 7) is 4.81. The minimum atomic E-state index is 0.00376. The van der Waals surface area contributed by atoms with Crippen LogP contribution in [0.1, 0.15) is 18.9 Å². The number of amides is 1. The number of nitrogen functional groups attached to an aromatic ring is 1. The molecule has 1 rings (SSSR count). The van der Waals surface area contributed by atoms with E-state index in [1.165, 1.54) is 0 Å². The lowest BCUT2D eigenvalue weighted by atomic mass is 10.2. The Morgan fingerprint density at radius 2 is 2.25 bits per heavy atom. The van der Waals surface area contributed by atoms with E-state index < -0.39 is 0 Å². The predicted molar refractivity (Wildman–Crippen MR) is 64.4 cm³/mol. The van der Waals surface area contributed by atoms with E-state index in [1.807, 2.05) is 32.0 Å². The van der Waals surface area contributed by atoms with Crippen LogP contribution in [-0.4, -0.2) is 19.1 Å². The van der Waals surface area contributed by atoms with Crippen LogP contribution in [0.4, 0.5) is 5.69 Å². The van der Waals surface area contributed by atoms with Gasteiger partial charge in [0.2, 0.25) is 5.91 Å². The number of carbonyl (C=O) groups is 1. The smallest absolute Gasteiger partial charge is 0.223 e. The van der Waals surface area contributed by atoms with E-state index in [-0.39, 0.29) is 5.91 Å². The highest BCUT2D eigenvalue weighted by molar-refractivity contribution is 5.75. The maximum absolute atomic E-state index is 11.2. The van der Waals surface area contributed by atoms with Crippen molar-refractivity contribution in [1.82, 2.24) is 5.32 Å². The minimum absolute atomic E-state index is 0.00376. The molecule has 0 bridgehead atoms. The summed E-state index contributed by atoms with van der Waals surface area (Å²) in [5, 5.41) is 2.71. The van der Waals surface area contributed by atoms with Gasteiger partial charge in [0, 0.05) is 17.8 Å². The highest BCUT2D eigenvalue weighted by atomic mass is 16.5. The number of nitrogens with one attached hydrogen (secondary N) is 1. The third-order valence-electron chi connectivity index (χ3n) is 2.29. The van der Waals surface area contributed by atoms with Gasteiger partial charge >= 0.3 is 0 Å². The fraction of sp³-hybridized carbons (Fsp3) is 0.417. The van der Waals surface area contributed by atoms with E-state index in [1.54, 1.807) is 0 Å². The van der Waals surface area contributed by atoms with Gasteiger partial charge in [0.1, 0.15) is 5.75 Å². The first-order valence-corrected chi connectivity index (χ1v) is 5.39. The molecular weight excluding hydrogens is 204 g/mol. The maximum atomic E-state index is 11.2. The molecule has 0 fully saturated rings. The van der Waals surface area contributed by atoms with E-state index in [2.05, 4.69) is 5.32 Å². The van der Waals surface area contributed by atoms with Crippen LogP contribution in [0.3, 0.4) is 0 Å². The molecule has 3 N–H and O–H groups in total. The van der Waals surface area contributed by atoms with Crippen LogP contribution >= 0.6 is 0 Å². The molecule has 0 saturated heterocycles. The summed E-state index contributed by atoms with van der Waals surface area (Å²) in [6.07, 6.45) is 0.363. The van der Waals surface area contributed by atoms with Crippen molar-refractivity contribution in [1.29, 1.82) is 0 Å². The normalized spacial score (nSPS) is 9.88. The van der Waals surface area contributed by atoms with Gasteiger partial charge in [-0.3, -0.25) is 4.79 Å². The molecule has 0 aromatic heterocycles. The van der Waals surface area contributed by atoms with Gasteiger partial charge in [0.15, 0.2) is 0 Å². The highest BCUT2D eigenvalue weighted by Crippen LogP contribution is 2.22. The summed E-state index contributed by atoms with van der Waals surface area (Å²) < 4.78 is 5.49. The Morgan fingerprint density at radius 1 is 1.50 bits per heavy atom. The summed E-state index contributed by atoms with van der Waals surface area (Å²) in [7, 11) is 0. The van der Waals surface area contributed by atoms with Crippen molar-refractivity contribution in [3.05, 3.63) is 23.8 Å². The van der Waals surface area contributed by atoms with Crippen LogP contribution in [0.25, 0.3) is 0 Å². The van der Waals surface area contributed by atoms with E-state index in [9.17, 15) is 4.79 Å². The molecule has 0 radical (unpaired) electrons. The molecule has 0 atom stereocenters. The SMILES string of the molecule is CCNC(=O)CCOc1cccc(N)c1C. The Kier molecular flexibility index (Phi) is 4.64. The Hall–Kier alpha value is -1.71. The monoisotopic (exact) mass is 222 g/mol. The van der Waals surface area contributed by atoms with Crippen molar-refractivity contribution >= 4 is 11.6 Å². The summed E-state index contributed by atoms with van der Waals surface area (Å²) in [5.74, 6) is 0.744. The number of ether oxygens (including phenoxy) is 1. The zero-order valence-corrected chi connectivity index (χ0v) is 9.75. The van der Waals surface area contributed by atoms with E-state index >= 15 is 0 Å². The number of nitrogens with two attached hydrogens (primary N) is 1. The Labute approximate surface area is 95.8 Å². The summed E-state index contributed by atoms with van der Waals surface area (Å²) >= 11 is 0. The first-order valence-electron chi connectivity index (χ1n) is 5.39. The van der Waals surface area contributed by atoms with Gasteiger partial charge in [0.25, 0.3) is 0 Å². The second kappa shape index (κ2) is 6.00. The number of anilines is 1. The first kappa shape index (κ1) is 12.4. The topological polar surface area (TPSA) is 64.3 Å². The lowest BCUT2D eigenvalue weighted by Crippen LogP contribution is -2.24. The third kappa shape index (κ3) is 3.46. The summed E-state index contributed by atoms with van der Waals surface area (Å²) in [5.41, 5.74) is 7.36. The standard InChI is InChI=1S/C12H18N2O2/c1-3-14-12(15)7-8-16-11-6-4-5-10(13)9(11)2/h4-6H,3,7-8,13H2,1-2H3,(H,14,15).